The van der Waals surface area contributed by atoms with Gasteiger partial charge in [0, 0.05) is 65.7 Å². The van der Waals surface area contributed by atoms with E-state index in [-0.39, 0.29) is 66.7 Å². The summed E-state index contributed by atoms with van der Waals surface area (Å²) in [5.41, 5.74) is 10.4. The average Bonchev–Trinajstić information content (AvgIpc) is 3.19. The number of aliphatic hydroxyl groups excluding tert-OH is 2. The van der Waals surface area contributed by atoms with Crippen LogP contribution in [0.15, 0.2) is 23.2 Å². The molecular weight excluding hydrogens is 773 g/mol. The third-order valence-electron chi connectivity index (χ3n) is 12.5. The molecule has 4 heterocycles. The molecule has 2 aromatic rings. The van der Waals surface area contributed by atoms with Crippen molar-refractivity contribution >= 4 is 33.3 Å². The number of nitrogens with two attached hydrogens (primary N) is 1. The van der Waals surface area contributed by atoms with Crippen LogP contribution in [0.4, 0.5) is 0 Å². The largest absolute Gasteiger partial charge is 0.504 e. The molecule has 0 radical (unpaired) electrons. The number of ether oxygens (including phenoxy) is 3. The van der Waals surface area contributed by atoms with Gasteiger partial charge in [-0.25, -0.2) is 4.99 Å². The molecule has 6 atom stereocenters. The van der Waals surface area contributed by atoms with Crippen molar-refractivity contribution in [1.29, 1.82) is 0 Å². The molecule has 312 valence electrons. The monoisotopic (exact) mass is 830 g/mol. The molecule has 0 saturated heterocycles. The van der Waals surface area contributed by atoms with Crippen molar-refractivity contribution < 1.29 is 34.3 Å². The number of fused-ring (bicyclic) bond motifs is 7. The topological polar surface area (TPSA) is 168 Å². The minimum absolute atomic E-state index is 0.0291. The number of aliphatic hydroxyl groups is 2. The molecule has 1 spiro atoms. The van der Waals surface area contributed by atoms with Gasteiger partial charge in [0.2, 0.25) is 6.29 Å². The standard InChI is InChI=1S/C45H58N4O7S2/c1-27(2)38-25-58-57-24-36-35-23-34-29-13-16-32(51)22-31(50)15-12-28-14-17-39(52)41(54-3)33(28)10-7-9-30(21-29)40(42(34)56-43(35)53)55-26-47-45(18-5-4-6-19-45)20-8-11-37(36)48-44(46)49-38/h14,17,21,27,32,35-38,43,47,51-53H,4-6,9,12-13,15-16,18-20,22-26H2,1-3H3,(H3,46,48,49). The smallest absolute Gasteiger partial charge is 0.201 e. The van der Waals surface area contributed by atoms with Gasteiger partial charge in [0.25, 0.3) is 0 Å². The Balaban J connectivity index is 1.35. The Morgan fingerprint density at radius 1 is 1.00 bits per heavy atom. The highest BCUT2D eigenvalue weighted by Crippen LogP contribution is 2.47. The van der Waals surface area contributed by atoms with Crippen LogP contribution in [-0.2, 0) is 30.5 Å². The van der Waals surface area contributed by atoms with Gasteiger partial charge in [-0.3, -0.25) is 10.1 Å². The van der Waals surface area contributed by atoms with E-state index in [0.29, 0.717) is 66.8 Å². The van der Waals surface area contributed by atoms with Crippen LogP contribution in [0.1, 0.15) is 99.5 Å². The van der Waals surface area contributed by atoms with Gasteiger partial charge < -0.3 is 40.6 Å². The van der Waals surface area contributed by atoms with E-state index in [9.17, 15) is 20.1 Å². The van der Waals surface area contributed by atoms with E-state index in [1.54, 1.807) is 33.7 Å². The number of hydrogen-bond donors (Lipinski definition) is 6. The maximum Gasteiger partial charge on any atom is 0.201 e. The molecule has 2 aliphatic carbocycles. The number of carbonyl (C=O) groups is 1. The molecule has 4 aliphatic heterocycles. The van der Waals surface area contributed by atoms with Crippen molar-refractivity contribution in [3.05, 3.63) is 46.0 Å². The highest BCUT2D eigenvalue weighted by atomic mass is 33.1. The molecule has 6 unspecified atom stereocenters. The summed E-state index contributed by atoms with van der Waals surface area (Å²) in [6, 6.07) is 5.09. The Kier molecular flexibility index (Phi) is 14.0. The van der Waals surface area contributed by atoms with E-state index >= 15 is 0 Å². The van der Waals surface area contributed by atoms with Crippen LogP contribution in [0.25, 0.3) is 0 Å². The minimum Gasteiger partial charge on any atom is -0.504 e. The van der Waals surface area contributed by atoms with Crippen molar-refractivity contribution in [3.63, 3.8) is 0 Å². The number of guanidine groups is 1. The van der Waals surface area contributed by atoms with Crippen molar-refractivity contribution in [2.24, 2.45) is 28.5 Å². The lowest BCUT2D eigenvalue weighted by molar-refractivity contribution is -0.121. The van der Waals surface area contributed by atoms with Gasteiger partial charge >= 0.3 is 0 Å². The molecule has 6 aliphatic rings. The number of methoxy groups -OCH3 is 1. The zero-order valence-electron chi connectivity index (χ0n) is 33.9. The minimum atomic E-state index is -1.17. The second-order valence-corrected chi connectivity index (χ2v) is 19.3. The molecular formula is C45H58N4O7S2. The lowest BCUT2D eigenvalue weighted by Gasteiger charge is -2.41. The first-order chi connectivity index (χ1) is 28.0. The highest BCUT2D eigenvalue weighted by molar-refractivity contribution is 8.76. The van der Waals surface area contributed by atoms with Gasteiger partial charge in [0.1, 0.15) is 12.5 Å². The van der Waals surface area contributed by atoms with Gasteiger partial charge in [0.15, 0.2) is 29.0 Å². The summed E-state index contributed by atoms with van der Waals surface area (Å²) < 4.78 is 19.0. The zero-order valence-corrected chi connectivity index (χ0v) is 35.5. The van der Waals surface area contributed by atoms with Crippen LogP contribution in [0.5, 0.6) is 23.0 Å². The number of ketones is 1. The van der Waals surface area contributed by atoms with E-state index in [1.165, 1.54) is 13.5 Å². The number of Topliss-reactive ketones (excluding diaryl/α,β-unsaturated/α-hetero) is 1. The number of nitrogens with one attached hydrogen (secondary N) is 2. The number of phenolic OH excluding ortho intramolecular Hbond substituents is 1. The number of carbonyl (C=O) groups excluding carboxylic acids is 1. The van der Waals surface area contributed by atoms with Gasteiger partial charge in [-0.1, -0.05) is 90.5 Å². The fourth-order valence-corrected chi connectivity index (χ4v) is 11.8. The molecule has 0 aromatic heterocycles. The number of benzene rings is 2. The van der Waals surface area contributed by atoms with Gasteiger partial charge in [-0.15, -0.1) is 0 Å². The van der Waals surface area contributed by atoms with Gasteiger partial charge in [-0.2, -0.15) is 0 Å². The molecule has 7 N–H and O–H groups in total. The summed E-state index contributed by atoms with van der Waals surface area (Å²) in [6.45, 7) is 4.53. The van der Waals surface area contributed by atoms with Crippen molar-refractivity contribution in [2.75, 3.05) is 25.3 Å². The number of nitrogens with zero attached hydrogens (tertiary/aromatic N) is 1. The predicted molar refractivity (Wildman–Crippen MR) is 230 cm³/mol. The zero-order chi connectivity index (χ0) is 40.8. The molecule has 6 bridgehead atoms. The highest BCUT2D eigenvalue weighted by Gasteiger charge is 2.42. The lowest BCUT2D eigenvalue weighted by Crippen LogP contribution is -2.52. The second kappa shape index (κ2) is 19.1. The summed E-state index contributed by atoms with van der Waals surface area (Å²) in [7, 11) is 5.04. The first-order valence-electron chi connectivity index (χ1n) is 20.8. The van der Waals surface area contributed by atoms with E-state index in [2.05, 4.69) is 54.2 Å². The Morgan fingerprint density at radius 2 is 1.81 bits per heavy atom. The summed E-state index contributed by atoms with van der Waals surface area (Å²) in [5.74, 6) is 16.6. The number of phenols is 1. The van der Waals surface area contributed by atoms with E-state index in [0.717, 1.165) is 53.7 Å². The molecule has 11 nitrogen and oxygen atoms in total. The Morgan fingerprint density at radius 3 is 2.60 bits per heavy atom. The number of rotatable bonds is 2. The quantitative estimate of drug-likeness (QED) is 0.169. The van der Waals surface area contributed by atoms with Gasteiger partial charge in [-0.05, 0) is 61.6 Å². The fraction of sp³-hybridized carbons (Fsp3) is 0.600. The van der Waals surface area contributed by atoms with E-state index < -0.39 is 18.4 Å². The maximum atomic E-state index is 13.2. The normalized spacial score (nSPS) is 27.8. The Hall–Kier alpha value is -3.72. The molecule has 0 amide bonds. The molecule has 58 heavy (non-hydrogen) atoms. The van der Waals surface area contributed by atoms with Crippen LogP contribution < -0.4 is 30.6 Å². The van der Waals surface area contributed by atoms with E-state index in [4.69, 9.17) is 24.9 Å². The SMILES string of the molecule is COc1c(O)ccc2c1C#CCc1cc(c3c4c1OCNC1(CC#CC5NC(N)=NC(C(C)C)CSSCC5C(C3)C(O)O4)CCCCC1)CCC(O)CC(=O)CC2. The molecule has 13 heteroatoms. The molecule has 8 rings (SSSR count). The van der Waals surface area contributed by atoms with Crippen LogP contribution in [-0.4, -0.2) is 82.4 Å². The summed E-state index contributed by atoms with van der Waals surface area (Å²) >= 11 is 0. The second-order valence-electron chi connectivity index (χ2n) is 16.8. The number of aryl methyl sites for hydroxylation is 2. The Bertz CT molecular complexity index is 1980. The van der Waals surface area contributed by atoms with Crippen LogP contribution in [0.2, 0.25) is 0 Å². The lowest BCUT2D eigenvalue weighted by atomic mass is 9.78. The fourth-order valence-electron chi connectivity index (χ4n) is 8.97. The first-order valence-corrected chi connectivity index (χ1v) is 23.3. The van der Waals surface area contributed by atoms with Gasteiger partial charge in [0.05, 0.1) is 30.9 Å². The first kappa shape index (κ1) is 42.4. The summed E-state index contributed by atoms with van der Waals surface area (Å²) in [5, 5.41) is 41.2. The van der Waals surface area contributed by atoms with Crippen molar-refractivity contribution in [3.8, 4) is 46.7 Å². The molecule has 1 saturated carbocycles. The molecule has 1 fully saturated rings. The van der Waals surface area contributed by atoms with Crippen LogP contribution in [0.3, 0.4) is 0 Å². The predicted octanol–water partition coefficient (Wildman–Crippen LogP) is 5.41. The number of hydrogen-bond acceptors (Lipinski definition) is 13. The maximum absolute atomic E-state index is 13.2. The Labute approximate surface area is 350 Å². The van der Waals surface area contributed by atoms with Crippen molar-refractivity contribution in [2.45, 2.75) is 127 Å². The van der Waals surface area contributed by atoms with Crippen molar-refractivity contribution in [1.82, 2.24) is 10.6 Å². The summed E-state index contributed by atoms with van der Waals surface area (Å²) in [4.78, 5) is 18.1. The summed E-state index contributed by atoms with van der Waals surface area (Å²) in [6.07, 6.45) is 6.23. The van der Waals surface area contributed by atoms with E-state index in [1.807, 2.05) is 0 Å². The third-order valence-corrected chi connectivity index (χ3v) is 14.9. The average molecular weight is 831 g/mol. The van der Waals surface area contributed by atoms with Crippen LogP contribution >= 0.6 is 21.6 Å². The molecule has 2 aromatic carbocycles. The number of aromatic hydroxyl groups is 1. The van der Waals surface area contributed by atoms with Crippen LogP contribution in [0, 0.1) is 41.4 Å². The number of aliphatic imine (C=N–C) groups is 1. The third kappa shape index (κ3) is 9.83.